The number of hydrogen-bond acceptors (Lipinski definition) is 5. The van der Waals surface area contributed by atoms with Crippen LogP contribution in [0.3, 0.4) is 0 Å². The van der Waals surface area contributed by atoms with E-state index in [1.54, 1.807) is 12.1 Å². The number of anilines is 2. The third-order valence-corrected chi connectivity index (χ3v) is 5.01. The van der Waals surface area contributed by atoms with Gasteiger partial charge in [0.15, 0.2) is 0 Å². The van der Waals surface area contributed by atoms with Gasteiger partial charge in [0, 0.05) is 36.6 Å². The van der Waals surface area contributed by atoms with Crippen molar-refractivity contribution in [1.29, 1.82) is 5.26 Å². The SMILES string of the molecule is N#Cc1cccc(N2CCN(c3ccc4c(Cl)cc(Cl)cc4n3)CC2)n1. The molecule has 1 aromatic carbocycles. The van der Waals surface area contributed by atoms with Crippen LogP contribution in [0.1, 0.15) is 5.69 Å². The van der Waals surface area contributed by atoms with Crippen LogP contribution in [0.15, 0.2) is 42.5 Å². The van der Waals surface area contributed by atoms with Crippen LogP contribution in [0.25, 0.3) is 10.9 Å². The highest BCUT2D eigenvalue weighted by Gasteiger charge is 2.19. The van der Waals surface area contributed by atoms with E-state index in [0.29, 0.717) is 15.7 Å². The number of pyridine rings is 2. The first-order valence-corrected chi connectivity index (χ1v) is 9.02. The van der Waals surface area contributed by atoms with Crippen LogP contribution < -0.4 is 9.80 Å². The molecule has 26 heavy (non-hydrogen) atoms. The Bertz CT molecular complexity index is 1010. The van der Waals surface area contributed by atoms with E-state index in [4.69, 9.17) is 33.4 Å². The van der Waals surface area contributed by atoms with E-state index in [1.807, 2.05) is 30.3 Å². The number of piperazine rings is 1. The molecule has 4 rings (SSSR count). The van der Waals surface area contributed by atoms with E-state index in [1.165, 1.54) is 0 Å². The summed E-state index contributed by atoms with van der Waals surface area (Å²) in [5, 5.41) is 11.1. The lowest BCUT2D eigenvalue weighted by atomic mass is 10.2. The molecule has 1 aliphatic heterocycles. The molecular weight excluding hydrogens is 369 g/mol. The Hall–Kier alpha value is -2.55. The number of aromatic nitrogens is 2. The Labute approximate surface area is 161 Å². The van der Waals surface area contributed by atoms with Gasteiger partial charge in [-0.2, -0.15) is 5.26 Å². The lowest BCUT2D eigenvalue weighted by Gasteiger charge is -2.36. The molecule has 0 aliphatic carbocycles. The summed E-state index contributed by atoms with van der Waals surface area (Å²) in [7, 11) is 0. The van der Waals surface area contributed by atoms with Crippen LogP contribution >= 0.6 is 23.2 Å². The monoisotopic (exact) mass is 383 g/mol. The van der Waals surface area contributed by atoms with Gasteiger partial charge in [0.25, 0.3) is 0 Å². The molecule has 130 valence electrons. The quantitative estimate of drug-likeness (QED) is 0.665. The van der Waals surface area contributed by atoms with E-state index >= 15 is 0 Å². The third-order valence-electron chi connectivity index (χ3n) is 4.48. The van der Waals surface area contributed by atoms with Crippen molar-refractivity contribution in [2.24, 2.45) is 0 Å². The largest absolute Gasteiger partial charge is 0.353 e. The average Bonchev–Trinajstić information content (AvgIpc) is 2.67. The van der Waals surface area contributed by atoms with E-state index in [2.05, 4.69) is 20.9 Å². The number of rotatable bonds is 2. The lowest BCUT2D eigenvalue weighted by molar-refractivity contribution is 0.642. The number of benzene rings is 1. The van der Waals surface area contributed by atoms with Crippen molar-refractivity contribution in [2.75, 3.05) is 36.0 Å². The number of nitriles is 1. The van der Waals surface area contributed by atoms with E-state index < -0.39 is 0 Å². The maximum atomic E-state index is 9.01. The van der Waals surface area contributed by atoms with Crippen molar-refractivity contribution in [2.45, 2.75) is 0 Å². The summed E-state index contributed by atoms with van der Waals surface area (Å²) in [6.45, 7) is 3.28. The predicted molar refractivity (Wildman–Crippen MR) is 105 cm³/mol. The fourth-order valence-corrected chi connectivity index (χ4v) is 3.70. The zero-order valence-electron chi connectivity index (χ0n) is 13.9. The molecule has 1 aliphatic rings. The molecule has 1 fully saturated rings. The molecule has 0 N–H and O–H groups in total. The molecule has 0 bridgehead atoms. The van der Waals surface area contributed by atoms with Crippen molar-refractivity contribution < 1.29 is 0 Å². The van der Waals surface area contributed by atoms with Gasteiger partial charge in [-0.3, -0.25) is 0 Å². The standard InChI is InChI=1S/C19H15Cl2N5/c20-13-10-16(21)15-4-5-19(24-17(15)11-13)26-8-6-25(7-9-26)18-3-1-2-14(12-22)23-18/h1-5,10-11H,6-9H2. The van der Waals surface area contributed by atoms with E-state index in [9.17, 15) is 0 Å². The number of halogens is 2. The van der Waals surface area contributed by atoms with Gasteiger partial charge in [-0.25, -0.2) is 9.97 Å². The molecule has 7 heteroatoms. The molecule has 0 saturated carbocycles. The Morgan fingerprint density at radius 3 is 2.27 bits per heavy atom. The van der Waals surface area contributed by atoms with Crippen LogP contribution in [0.4, 0.5) is 11.6 Å². The van der Waals surface area contributed by atoms with Gasteiger partial charge in [0.1, 0.15) is 23.4 Å². The molecular formula is C19H15Cl2N5. The maximum absolute atomic E-state index is 9.01. The van der Waals surface area contributed by atoms with Crippen molar-refractivity contribution in [3.63, 3.8) is 0 Å². The summed E-state index contributed by atoms with van der Waals surface area (Å²) in [5.74, 6) is 1.75. The molecule has 3 aromatic rings. The smallest absolute Gasteiger partial charge is 0.142 e. The summed E-state index contributed by atoms with van der Waals surface area (Å²) < 4.78 is 0. The lowest BCUT2D eigenvalue weighted by Crippen LogP contribution is -2.47. The second-order valence-electron chi connectivity index (χ2n) is 6.09. The summed E-state index contributed by atoms with van der Waals surface area (Å²) >= 11 is 12.3. The van der Waals surface area contributed by atoms with Crippen molar-refractivity contribution in [3.8, 4) is 6.07 Å². The highest BCUT2D eigenvalue weighted by Crippen LogP contribution is 2.29. The minimum atomic E-state index is 0.440. The Kier molecular flexibility index (Phi) is 4.54. The Balaban J connectivity index is 1.53. The average molecular weight is 384 g/mol. The highest BCUT2D eigenvalue weighted by molar-refractivity contribution is 6.38. The second-order valence-corrected chi connectivity index (χ2v) is 6.93. The van der Waals surface area contributed by atoms with Crippen molar-refractivity contribution in [3.05, 3.63) is 58.2 Å². The van der Waals surface area contributed by atoms with Gasteiger partial charge in [-0.15, -0.1) is 0 Å². The highest BCUT2D eigenvalue weighted by atomic mass is 35.5. The summed E-state index contributed by atoms with van der Waals surface area (Å²) in [6.07, 6.45) is 0. The number of nitrogens with zero attached hydrogens (tertiary/aromatic N) is 5. The fraction of sp³-hybridized carbons (Fsp3) is 0.211. The molecule has 0 amide bonds. The topological polar surface area (TPSA) is 56.1 Å². The zero-order valence-corrected chi connectivity index (χ0v) is 15.4. The summed E-state index contributed by atoms with van der Waals surface area (Å²) in [4.78, 5) is 13.5. The molecule has 0 spiro atoms. The van der Waals surface area contributed by atoms with Gasteiger partial charge in [0.05, 0.1) is 10.5 Å². The minimum Gasteiger partial charge on any atom is -0.353 e. The maximum Gasteiger partial charge on any atom is 0.142 e. The van der Waals surface area contributed by atoms with Gasteiger partial charge < -0.3 is 9.80 Å². The first kappa shape index (κ1) is 16.9. The molecule has 0 radical (unpaired) electrons. The summed E-state index contributed by atoms with van der Waals surface area (Å²) in [6, 6.07) is 15.2. The summed E-state index contributed by atoms with van der Waals surface area (Å²) in [5.41, 5.74) is 1.24. The fourth-order valence-electron chi connectivity index (χ4n) is 3.15. The van der Waals surface area contributed by atoms with Crippen LogP contribution in [-0.2, 0) is 0 Å². The first-order valence-electron chi connectivity index (χ1n) is 8.27. The molecule has 2 aromatic heterocycles. The van der Waals surface area contributed by atoms with E-state index in [-0.39, 0.29) is 0 Å². The Morgan fingerprint density at radius 1 is 0.885 bits per heavy atom. The first-order chi connectivity index (χ1) is 12.6. The zero-order chi connectivity index (χ0) is 18.1. The number of hydrogen-bond donors (Lipinski definition) is 0. The van der Waals surface area contributed by atoms with E-state index in [0.717, 1.165) is 48.7 Å². The number of fused-ring (bicyclic) bond motifs is 1. The predicted octanol–water partition coefficient (Wildman–Crippen LogP) is 4.13. The minimum absolute atomic E-state index is 0.440. The molecule has 1 saturated heterocycles. The Morgan fingerprint density at radius 2 is 1.58 bits per heavy atom. The molecule has 0 unspecified atom stereocenters. The molecule has 5 nitrogen and oxygen atoms in total. The molecule has 3 heterocycles. The molecule has 0 atom stereocenters. The van der Waals surface area contributed by atoms with Gasteiger partial charge >= 0.3 is 0 Å². The van der Waals surface area contributed by atoms with Crippen LogP contribution in [0.2, 0.25) is 10.0 Å². The van der Waals surface area contributed by atoms with Crippen LogP contribution in [-0.4, -0.2) is 36.1 Å². The van der Waals surface area contributed by atoms with Crippen molar-refractivity contribution >= 4 is 45.7 Å². The van der Waals surface area contributed by atoms with Crippen LogP contribution in [0.5, 0.6) is 0 Å². The van der Waals surface area contributed by atoms with Gasteiger partial charge in [0.2, 0.25) is 0 Å². The van der Waals surface area contributed by atoms with Crippen LogP contribution in [0, 0.1) is 11.3 Å². The third kappa shape index (κ3) is 3.26. The van der Waals surface area contributed by atoms with Gasteiger partial charge in [-0.05, 0) is 36.4 Å². The van der Waals surface area contributed by atoms with Gasteiger partial charge in [-0.1, -0.05) is 29.3 Å². The normalized spacial score (nSPS) is 14.5. The van der Waals surface area contributed by atoms with Crippen molar-refractivity contribution in [1.82, 2.24) is 9.97 Å². The second kappa shape index (κ2) is 6.99.